The van der Waals surface area contributed by atoms with Gasteiger partial charge in [-0.15, -0.1) is 0 Å². The second-order valence-corrected chi connectivity index (χ2v) is 7.53. The van der Waals surface area contributed by atoms with Crippen LogP contribution in [-0.4, -0.2) is 33.3 Å². The number of aliphatic hydroxyl groups is 1. The largest absolute Gasteiger partial charge is 0.392 e. The maximum atomic E-state index is 12.4. The van der Waals surface area contributed by atoms with Crippen LogP contribution < -0.4 is 4.72 Å². The number of halogens is 1. The van der Waals surface area contributed by atoms with Gasteiger partial charge in [0.1, 0.15) is 0 Å². The van der Waals surface area contributed by atoms with Gasteiger partial charge in [-0.2, -0.15) is 0 Å². The van der Waals surface area contributed by atoms with E-state index in [9.17, 15) is 13.5 Å². The van der Waals surface area contributed by atoms with Gasteiger partial charge in [-0.3, -0.25) is 0 Å². The van der Waals surface area contributed by atoms with E-state index in [1.54, 1.807) is 13.0 Å². The van der Waals surface area contributed by atoms with E-state index >= 15 is 0 Å². The number of hydrogen-bond acceptors (Lipinski definition) is 4. The lowest BCUT2D eigenvalue weighted by atomic mass is 10.1. The first kappa shape index (κ1) is 15.9. The van der Waals surface area contributed by atoms with Gasteiger partial charge in [-0.25, -0.2) is 13.1 Å². The first-order valence-corrected chi connectivity index (χ1v) is 8.69. The summed E-state index contributed by atoms with van der Waals surface area (Å²) in [6.45, 7) is 3.21. The molecule has 112 valence electrons. The molecule has 1 atom stereocenters. The molecule has 20 heavy (non-hydrogen) atoms. The highest BCUT2D eigenvalue weighted by Gasteiger charge is 2.22. The van der Waals surface area contributed by atoms with Crippen LogP contribution in [0.15, 0.2) is 21.5 Å². The first-order valence-electron chi connectivity index (χ1n) is 6.41. The molecule has 1 aromatic rings. The van der Waals surface area contributed by atoms with Gasteiger partial charge < -0.3 is 9.84 Å². The van der Waals surface area contributed by atoms with E-state index in [0.717, 1.165) is 6.42 Å². The fourth-order valence-electron chi connectivity index (χ4n) is 2.13. The third-order valence-corrected chi connectivity index (χ3v) is 5.79. The van der Waals surface area contributed by atoms with Crippen molar-refractivity contribution in [2.75, 3.05) is 19.8 Å². The van der Waals surface area contributed by atoms with Crippen molar-refractivity contribution >= 4 is 26.0 Å². The van der Waals surface area contributed by atoms with E-state index < -0.39 is 10.0 Å². The molecular weight excluding hydrogens is 346 g/mol. The topological polar surface area (TPSA) is 75.6 Å². The SMILES string of the molecule is Cc1c(Br)cc(CO)cc1S(=O)(=O)NCC1CCOC1. The molecule has 5 nitrogen and oxygen atoms in total. The Morgan fingerprint density at radius 2 is 2.25 bits per heavy atom. The summed E-state index contributed by atoms with van der Waals surface area (Å²) in [7, 11) is -3.58. The maximum absolute atomic E-state index is 12.4. The van der Waals surface area contributed by atoms with Crippen LogP contribution >= 0.6 is 15.9 Å². The van der Waals surface area contributed by atoms with E-state index in [4.69, 9.17) is 4.74 Å². The van der Waals surface area contributed by atoms with Crippen molar-refractivity contribution in [1.29, 1.82) is 0 Å². The van der Waals surface area contributed by atoms with Gasteiger partial charge in [0.15, 0.2) is 0 Å². The zero-order valence-corrected chi connectivity index (χ0v) is 13.6. The molecule has 0 radical (unpaired) electrons. The minimum Gasteiger partial charge on any atom is -0.392 e. The maximum Gasteiger partial charge on any atom is 0.240 e. The number of ether oxygens (including phenoxy) is 1. The Balaban J connectivity index is 2.21. The van der Waals surface area contributed by atoms with E-state index in [2.05, 4.69) is 20.7 Å². The van der Waals surface area contributed by atoms with Crippen LogP contribution in [0.3, 0.4) is 0 Å². The number of rotatable bonds is 5. The van der Waals surface area contributed by atoms with Crippen LogP contribution in [0, 0.1) is 12.8 Å². The number of aliphatic hydroxyl groups excluding tert-OH is 1. The second-order valence-electron chi connectivity index (χ2n) is 4.94. The van der Waals surface area contributed by atoms with E-state index in [1.807, 2.05) is 0 Å². The minimum atomic E-state index is -3.58. The van der Waals surface area contributed by atoms with Gasteiger partial charge >= 0.3 is 0 Å². The van der Waals surface area contributed by atoms with Crippen LogP contribution in [-0.2, 0) is 21.4 Å². The smallest absolute Gasteiger partial charge is 0.240 e. The Labute approximate surface area is 127 Å². The number of hydrogen-bond donors (Lipinski definition) is 2. The molecule has 1 heterocycles. The Morgan fingerprint density at radius 3 is 2.85 bits per heavy atom. The van der Waals surface area contributed by atoms with Gasteiger partial charge in [-0.1, -0.05) is 15.9 Å². The Hall–Kier alpha value is -0.470. The second kappa shape index (κ2) is 6.53. The van der Waals surface area contributed by atoms with Crippen LogP contribution in [0.5, 0.6) is 0 Å². The van der Waals surface area contributed by atoms with Gasteiger partial charge in [0.05, 0.1) is 18.1 Å². The van der Waals surface area contributed by atoms with Gasteiger partial charge in [0.2, 0.25) is 10.0 Å². The highest BCUT2D eigenvalue weighted by molar-refractivity contribution is 9.10. The quantitative estimate of drug-likeness (QED) is 0.832. The zero-order chi connectivity index (χ0) is 14.8. The van der Waals surface area contributed by atoms with Crippen LogP contribution in [0.2, 0.25) is 0 Å². The predicted octanol–water partition coefficient (Wildman–Crippen LogP) is 1.56. The van der Waals surface area contributed by atoms with Crippen molar-refractivity contribution in [3.63, 3.8) is 0 Å². The molecule has 2 rings (SSSR count). The Morgan fingerprint density at radius 1 is 1.50 bits per heavy atom. The van der Waals surface area contributed by atoms with Crippen molar-refractivity contribution in [2.24, 2.45) is 5.92 Å². The highest BCUT2D eigenvalue weighted by atomic mass is 79.9. The summed E-state index contributed by atoms with van der Waals surface area (Å²) in [5.74, 6) is 0.231. The third-order valence-electron chi connectivity index (χ3n) is 3.41. The Kier molecular flexibility index (Phi) is 5.19. The molecule has 7 heteroatoms. The summed E-state index contributed by atoms with van der Waals surface area (Å²) < 4.78 is 33.3. The summed E-state index contributed by atoms with van der Waals surface area (Å²) in [5.41, 5.74) is 1.20. The molecule has 1 fully saturated rings. The monoisotopic (exact) mass is 363 g/mol. The van der Waals surface area contributed by atoms with Crippen molar-refractivity contribution in [3.05, 3.63) is 27.7 Å². The zero-order valence-electron chi connectivity index (χ0n) is 11.2. The summed E-state index contributed by atoms with van der Waals surface area (Å²) in [6.07, 6.45) is 0.877. The Bertz CT molecular complexity index is 582. The fourth-order valence-corrected chi connectivity index (χ4v) is 4.20. The van der Waals surface area contributed by atoms with Crippen molar-refractivity contribution in [3.8, 4) is 0 Å². The molecule has 1 saturated heterocycles. The fraction of sp³-hybridized carbons (Fsp3) is 0.538. The molecular formula is C13H18BrNO4S. The summed E-state index contributed by atoms with van der Waals surface area (Å²) in [4.78, 5) is 0.204. The summed E-state index contributed by atoms with van der Waals surface area (Å²) in [6, 6.07) is 3.23. The molecule has 0 aliphatic carbocycles. The molecule has 1 aliphatic rings. The molecule has 0 bridgehead atoms. The lowest BCUT2D eigenvalue weighted by Gasteiger charge is -2.14. The average molecular weight is 364 g/mol. The van der Waals surface area contributed by atoms with E-state index in [1.165, 1.54) is 6.07 Å². The highest BCUT2D eigenvalue weighted by Crippen LogP contribution is 2.26. The standard InChI is InChI=1S/C13H18BrNO4S/c1-9-12(14)4-11(7-16)5-13(9)20(17,18)15-6-10-2-3-19-8-10/h4-5,10,15-16H,2-3,6-8H2,1H3. The number of sulfonamides is 1. The van der Waals surface area contributed by atoms with Crippen molar-refractivity contribution in [1.82, 2.24) is 4.72 Å². The minimum absolute atomic E-state index is 0.197. The number of benzene rings is 1. The van der Waals surface area contributed by atoms with E-state index in [-0.39, 0.29) is 17.4 Å². The van der Waals surface area contributed by atoms with Gasteiger partial charge in [-0.05, 0) is 42.5 Å². The van der Waals surface area contributed by atoms with Crippen LogP contribution in [0.4, 0.5) is 0 Å². The average Bonchev–Trinajstić information content (AvgIpc) is 2.92. The van der Waals surface area contributed by atoms with E-state index in [0.29, 0.717) is 35.4 Å². The van der Waals surface area contributed by atoms with Crippen LogP contribution in [0.25, 0.3) is 0 Å². The molecule has 0 amide bonds. The molecule has 0 saturated carbocycles. The third kappa shape index (κ3) is 3.59. The predicted molar refractivity (Wildman–Crippen MR) is 78.9 cm³/mol. The lowest BCUT2D eigenvalue weighted by Crippen LogP contribution is -2.30. The molecule has 1 aromatic carbocycles. The molecule has 1 aliphatic heterocycles. The molecule has 0 aromatic heterocycles. The lowest BCUT2D eigenvalue weighted by molar-refractivity contribution is 0.186. The van der Waals surface area contributed by atoms with Crippen molar-refractivity contribution in [2.45, 2.75) is 24.8 Å². The summed E-state index contributed by atoms with van der Waals surface area (Å²) in [5, 5.41) is 9.19. The van der Waals surface area contributed by atoms with Gasteiger partial charge in [0, 0.05) is 17.6 Å². The molecule has 0 spiro atoms. The first-order chi connectivity index (χ1) is 9.44. The number of nitrogens with one attached hydrogen (secondary N) is 1. The van der Waals surface area contributed by atoms with Crippen LogP contribution in [0.1, 0.15) is 17.5 Å². The van der Waals surface area contributed by atoms with Gasteiger partial charge in [0.25, 0.3) is 0 Å². The normalized spacial score (nSPS) is 19.4. The van der Waals surface area contributed by atoms with Crippen molar-refractivity contribution < 1.29 is 18.3 Å². The molecule has 1 unspecified atom stereocenters. The summed E-state index contributed by atoms with van der Waals surface area (Å²) >= 11 is 3.32. The molecule has 2 N–H and O–H groups in total.